The number of thiophene rings is 1. The Kier molecular flexibility index (Phi) is 3.43. The maximum atomic E-state index is 10.3. The molecule has 0 saturated carbocycles. The monoisotopic (exact) mass is 196 g/mol. The van der Waals surface area contributed by atoms with Crippen LogP contribution in [0, 0.1) is 22.0 Å². The van der Waals surface area contributed by atoms with Crippen LogP contribution in [0.25, 0.3) is 0 Å². The molecule has 1 aromatic rings. The molecule has 4 nitrogen and oxygen atoms in total. The second kappa shape index (κ2) is 4.60. The normalized spacial score (nSPS) is 9.00. The molecule has 0 fully saturated rings. The molecule has 5 heteroatoms. The molecule has 0 aliphatic heterocycles. The molecular weight excluding hydrogens is 188 g/mol. The maximum absolute atomic E-state index is 10.3. The van der Waals surface area contributed by atoms with E-state index in [4.69, 9.17) is 5.73 Å². The SMILES string of the molecule is NCCC#Cc1ccc([N+](=O)[O-])s1. The first kappa shape index (κ1) is 9.71. The van der Waals surface area contributed by atoms with Gasteiger partial charge in [-0.15, -0.1) is 0 Å². The second-order valence-electron chi connectivity index (χ2n) is 2.24. The van der Waals surface area contributed by atoms with Crippen molar-refractivity contribution in [1.29, 1.82) is 0 Å². The minimum absolute atomic E-state index is 0.122. The summed E-state index contributed by atoms with van der Waals surface area (Å²) < 4.78 is 0. The molecule has 68 valence electrons. The third kappa shape index (κ3) is 2.86. The van der Waals surface area contributed by atoms with Gasteiger partial charge < -0.3 is 5.73 Å². The van der Waals surface area contributed by atoms with Crippen molar-refractivity contribution in [2.45, 2.75) is 6.42 Å². The summed E-state index contributed by atoms with van der Waals surface area (Å²) in [7, 11) is 0. The fraction of sp³-hybridized carbons (Fsp3) is 0.250. The lowest BCUT2D eigenvalue weighted by molar-refractivity contribution is -0.380. The first-order valence-corrected chi connectivity index (χ1v) is 4.49. The van der Waals surface area contributed by atoms with E-state index in [1.807, 2.05) is 0 Å². The standard InChI is InChI=1S/C8H8N2O2S/c9-6-2-1-3-7-4-5-8(13-7)10(11)12/h4-5H,2,6,9H2. The van der Waals surface area contributed by atoms with E-state index in [0.717, 1.165) is 11.3 Å². The predicted molar refractivity (Wildman–Crippen MR) is 51.5 cm³/mol. The smallest absolute Gasteiger partial charge is 0.325 e. The predicted octanol–water partition coefficient (Wildman–Crippen LogP) is 1.36. The average molecular weight is 196 g/mol. The lowest BCUT2D eigenvalue weighted by Crippen LogP contribution is -1.95. The lowest BCUT2D eigenvalue weighted by atomic mass is 10.4. The number of hydrogen-bond donors (Lipinski definition) is 1. The summed E-state index contributed by atoms with van der Waals surface area (Å²) in [6, 6.07) is 3.10. The van der Waals surface area contributed by atoms with E-state index in [1.54, 1.807) is 6.07 Å². The highest BCUT2D eigenvalue weighted by Gasteiger charge is 2.07. The highest BCUT2D eigenvalue weighted by atomic mass is 32.1. The van der Waals surface area contributed by atoms with Gasteiger partial charge in [0.05, 0.1) is 9.80 Å². The molecule has 1 heterocycles. The highest BCUT2D eigenvalue weighted by Crippen LogP contribution is 2.22. The third-order valence-corrected chi connectivity index (χ3v) is 2.21. The summed E-state index contributed by atoms with van der Waals surface area (Å²) >= 11 is 1.08. The number of nitro groups is 1. The van der Waals surface area contributed by atoms with Crippen molar-refractivity contribution in [3.05, 3.63) is 27.1 Å². The Hall–Kier alpha value is -1.38. The molecule has 1 aromatic heterocycles. The summed E-state index contributed by atoms with van der Waals surface area (Å²) in [6.07, 6.45) is 0.617. The van der Waals surface area contributed by atoms with Crippen LogP contribution in [-0.4, -0.2) is 11.5 Å². The molecule has 0 spiro atoms. The fourth-order valence-electron chi connectivity index (χ4n) is 0.715. The molecule has 0 radical (unpaired) electrons. The Labute approximate surface area is 79.5 Å². The Morgan fingerprint density at radius 2 is 2.38 bits per heavy atom. The molecule has 13 heavy (non-hydrogen) atoms. The zero-order valence-electron chi connectivity index (χ0n) is 6.82. The second-order valence-corrected chi connectivity index (χ2v) is 3.30. The molecule has 0 amide bonds. The molecule has 2 N–H and O–H groups in total. The van der Waals surface area contributed by atoms with Crippen molar-refractivity contribution in [1.82, 2.24) is 0 Å². The molecule has 0 unspecified atom stereocenters. The molecule has 0 saturated heterocycles. The first-order chi connectivity index (χ1) is 6.24. The van der Waals surface area contributed by atoms with E-state index in [-0.39, 0.29) is 5.00 Å². The largest absolute Gasteiger partial charge is 0.330 e. The van der Waals surface area contributed by atoms with Crippen molar-refractivity contribution >= 4 is 16.3 Å². The molecule has 0 aliphatic rings. The van der Waals surface area contributed by atoms with Gasteiger partial charge in [0, 0.05) is 19.0 Å². The van der Waals surface area contributed by atoms with Gasteiger partial charge in [-0.05, 0) is 6.07 Å². The molecular formula is C8H8N2O2S. The van der Waals surface area contributed by atoms with Crippen LogP contribution in [0.1, 0.15) is 11.3 Å². The molecule has 0 atom stereocenters. The van der Waals surface area contributed by atoms with Crippen molar-refractivity contribution in [3.63, 3.8) is 0 Å². The van der Waals surface area contributed by atoms with E-state index in [9.17, 15) is 10.1 Å². The van der Waals surface area contributed by atoms with Gasteiger partial charge in [0.15, 0.2) is 0 Å². The Morgan fingerprint density at radius 1 is 1.62 bits per heavy atom. The number of hydrogen-bond acceptors (Lipinski definition) is 4. The van der Waals surface area contributed by atoms with Gasteiger partial charge in [-0.3, -0.25) is 10.1 Å². The summed E-state index contributed by atoms with van der Waals surface area (Å²) in [5, 5.41) is 10.4. The summed E-state index contributed by atoms with van der Waals surface area (Å²) in [4.78, 5) is 10.6. The van der Waals surface area contributed by atoms with Gasteiger partial charge in [0.2, 0.25) is 0 Å². The van der Waals surface area contributed by atoms with Crippen LogP contribution in [0.3, 0.4) is 0 Å². The summed E-state index contributed by atoms with van der Waals surface area (Å²) in [5.41, 5.74) is 5.24. The van der Waals surface area contributed by atoms with Crippen LogP contribution in [0.5, 0.6) is 0 Å². The van der Waals surface area contributed by atoms with E-state index in [0.29, 0.717) is 17.8 Å². The number of nitrogens with two attached hydrogens (primary N) is 1. The van der Waals surface area contributed by atoms with Crippen LogP contribution in [0.15, 0.2) is 12.1 Å². The van der Waals surface area contributed by atoms with Crippen molar-refractivity contribution in [3.8, 4) is 11.8 Å². The van der Waals surface area contributed by atoms with Crippen LogP contribution in [-0.2, 0) is 0 Å². The first-order valence-electron chi connectivity index (χ1n) is 3.67. The van der Waals surface area contributed by atoms with Crippen LogP contribution in [0.2, 0.25) is 0 Å². The van der Waals surface area contributed by atoms with Crippen molar-refractivity contribution in [2.75, 3.05) is 6.54 Å². The van der Waals surface area contributed by atoms with Gasteiger partial charge in [0.25, 0.3) is 0 Å². The Balaban J connectivity index is 2.71. The fourth-order valence-corrected chi connectivity index (χ4v) is 1.41. The Morgan fingerprint density at radius 3 is 2.92 bits per heavy atom. The highest BCUT2D eigenvalue weighted by molar-refractivity contribution is 7.15. The van der Waals surface area contributed by atoms with Crippen molar-refractivity contribution < 1.29 is 4.92 Å². The van der Waals surface area contributed by atoms with Gasteiger partial charge in [-0.25, -0.2) is 0 Å². The van der Waals surface area contributed by atoms with E-state index in [1.165, 1.54) is 6.07 Å². The number of nitrogens with zero attached hydrogens (tertiary/aromatic N) is 1. The average Bonchev–Trinajstić information content (AvgIpc) is 2.53. The van der Waals surface area contributed by atoms with Gasteiger partial charge in [-0.2, -0.15) is 0 Å². The zero-order valence-corrected chi connectivity index (χ0v) is 7.63. The van der Waals surface area contributed by atoms with Crippen LogP contribution >= 0.6 is 11.3 Å². The third-order valence-electron chi connectivity index (χ3n) is 1.25. The molecule has 1 rings (SSSR count). The summed E-state index contributed by atoms with van der Waals surface area (Å²) in [6.45, 7) is 0.514. The summed E-state index contributed by atoms with van der Waals surface area (Å²) in [5.74, 6) is 5.62. The van der Waals surface area contributed by atoms with E-state index >= 15 is 0 Å². The minimum Gasteiger partial charge on any atom is -0.330 e. The van der Waals surface area contributed by atoms with Gasteiger partial charge in [-0.1, -0.05) is 23.2 Å². The van der Waals surface area contributed by atoms with Crippen LogP contribution in [0.4, 0.5) is 5.00 Å². The van der Waals surface area contributed by atoms with E-state index < -0.39 is 4.92 Å². The Bertz CT molecular complexity index is 362. The zero-order chi connectivity index (χ0) is 9.68. The molecule has 0 bridgehead atoms. The molecule has 0 aromatic carbocycles. The van der Waals surface area contributed by atoms with Gasteiger partial charge >= 0.3 is 5.00 Å². The quantitative estimate of drug-likeness (QED) is 0.441. The minimum atomic E-state index is -0.418. The number of rotatable bonds is 2. The lowest BCUT2D eigenvalue weighted by Gasteiger charge is -1.79. The molecule has 0 aliphatic carbocycles. The topological polar surface area (TPSA) is 69.2 Å². The van der Waals surface area contributed by atoms with Gasteiger partial charge in [0.1, 0.15) is 0 Å². The van der Waals surface area contributed by atoms with Crippen LogP contribution < -0.4 is 5.73 Å². The van der Waals surface area contributed by atoms with Crippen molar-refractivity contribution in [2.24, 2.45) is 5.73 Å². The maximum Gasteiger partial charge on any atom is 0.325 e. The van der Waals surface area contributed by atoms with E-state index in [2.05, 4.69) is 11.8 Å².